The first-order valence-electron chi connectivity index (χ1n) is 6.10. The standard InChI is InChI=1S/C12H23NO3/c1-3-10(14)4-8-13-11(15)12(5-6-12)7-9-16-2/h10,14H,3-9H2,1-2H3,(H,13,15). The van der Waals surface area contributed by atoms with Gasteiger partial charge in [0.05, 0.1) is 11.5 Å². The number of nitrogens with one attached hydrogen (secondary N) is 1. The number of amides is 1. The van der Waals surface area contributed by atoms with Crippen molar-refractivity contribution in [3.05, 3.63) is 0 Å². The third kappa shape index (κ3) is 3.76. The van der Waals surface area contributed by atoms with E-state index in [-0.39, 0.29) is 17.4 Å². The van der Waals surface area contributed by atoms with E-state index in [4.69, 9.17) is 4.74 Å². The van der Waals surface area contributed by atoms with Crippen molar-refractivity contribution < 1.29 is 14.6 Å². The van der Waals surface area contributed by atoms with Crippen molar-refractivity contribution >= 4 is 5.91 Å². The van der Waals surface area contributed by atoms with E-state index in [1.54, 1.807) is 7.11 Å². The third-order valence-corrected chi connectivity index (χ3v) is 3.35. The van der Waals surface area contributed by atoms with Crippen molar-refractivity contribution in [2.24, 2.45) is 5.41 Å². The average Bonchev–Trinajstić information content (AvgIpc) is 3.07. The van der Waals surface area contributed by atoms with Crippen LogP contribution in [0.15, 0.2) is 0 Å². The van der Waals surface area contributed by atoms with Gasteiger partial charge in [-0.1, -0.05) is 6.92 Å². The Morgan fingerprint density at radius 2 is 2.25 bits per heavy atom. The molecule has 0 aromatic heterocycles. The SMILES string of the molecule is CCC(O)CCNC(=O)C1(CCOC)CC1. The fraction of sp³-hybridized carbons (Fsp3) is 0.917. The van der Waals surface area contributed by atoms with E-state index in [9.17, 15) is 9.90 Å². The normalized spacial score (nSPS) is 19.2. The molecule has 2 N–H and O–H groups in total. The van der Waals surface area contributed by atoms with E-state index in [0.717, 1.165) is 25.7 Å². The van der Waals surface area contributed by atoms with E-state index in [1.165, 1.54) is 0 Å². The van der Waals surface area contributed by atoms with E-state index in [2.05, 4.69) is 5.32 Å². The van der Waals surface area contributed by atoms with Crippen LogP contribution in [0, 0.1) is 5.41 Å². The lowest BCUT2D eigenvalue weighted by Crippen LogP contribution is -2.34. The fourth-order valence-electron chi connectivity index (χ4n) is 1.78. The van der Waals surface area contributed by atoms with Crippen LogP contribution >= 0.6 is 0 Å². The van der Waals surface area contributed by atoms with Gasteiger partial charge in [-0.15, -0.1) is 0 Å². The average molecular weight is 229 g/mol. The van der Waals surface area contributed by atoms with Gasteiger partial charge in [0.15, 0.2) is 0 Å². The molecular weight excluding hydrogens is 206 g/mol. The van der Waals surface area contributed by atoms with E-state index in [0.29, 0.717) is 19.6 Å². The molecule has 1 rings (SSSR count). The predicted molar refractivity (Wildman–Crippen MR) is 62.1 cm³/mol. The van der Waals surface area contributed by atoms with Gasteiger partial charge in [0.25, 0.3) is 0 Å². The third-order valence-electron chi connectivity index (χ3n) is 3.35. The number of hydrogen-bond donors (Lipinski definition) is 2. The Morgan fingerprint density at radius 3 is 2.75 bits per heavy atom. The minimum Gasteiger partial charge on any atom is -0.393 e. The zero-order valence-electron chi connectivity index (χ0n) is 10.3. The number of rotatable bonds is 8. The fourth-order valence-corrected chi connectivity index (χ4v) is 1.78. The first kappa shape index (κ1) is 13.5. The maximum Gasteiger partial charge on any atom is 0.226 e. The number of aliphatic hydroxyl groups is 1. The lowest BCUT2D eigenvalue weighted by Gasteiger charge is -2.15. The Labute approximate surface area is 97.4 Å². The van der Waals surface area contributed by atoms with Gasteiger partial charge >= 0.3 is 0 Å². The maximum absolute atomic E-state index is 11.9. The molecular formula is C12H23NO3. The van der Waals surface area contributed by atoms with Crippen molar-refractivity contribution in [3.63, 3.8) is 0 Å². The van der Waals surface area contributed by atoms with Crippen LogP contribution < -0.4 is 5.32 Å². The smallest absolute Gasteiger partial charge is 0.226 e. The Bertz CT molecular complexity index is 226. The second-order valence-corrected chi connectivity index (χ2v) is 4.63. The highest BCUT2D eigenvalue weighted by atomic mass is 16.5. The monoisotopic (exact) mass is 229 g/mol. The highest BCUT2D eigenvalue weighted by Crippen LogP contribution is 2.48. The number of methoxy groups -OCH3 is 1. The Hall–Kier alpha value is -0.610. The summed E-state index contributed by atoms with van der Waals surface area (Å²) in [6.07, 6.45) is 3.84. The summed E-state index contributed by atoms with van der Waals surface area (Å²) >= 11 is 0. The van der Waals surface area contributed by atoms with Crippen molar-refractivity contribution in [2.75, 3.05) is 20.3 Å². The quantitative estimate of drug-likeness (QED) is 0.655. The van der Waals surface area contributed by atoms with Gasteiger partial charge in [0, 0.05) is 20.3 Å². The predicted octanol–water partition coefficient (Wildman–Crippen LogP) is 1.08. The summed E-state index contributed by atoms with van der Waals surface area (Å²) in [5.74, 6) is 0.132. The second kappa shape index (κ2) is 6.21. The molecule has 0 radical (unpaired) electrons. The van der Waals surface area contributed by atoms with Gasteiger partial charge in [-0.3, -0.25) is 4.79 Å². The number of hydrogen-bond acceptors (Lipinski definition) is 3. The first-order valence-corrected chi connectivity index (χ1v) is 6.10. The van der Waals surface area contributed by atoms with Crippen molar-refractivity contribution in [1.29, 1.82) is 0 Å². The zero-order valence-corrected chi connectivity index (χ0v) is 10.3. The molecule has 4 heteroatoms. The Balaban J connectivity index is 2.19. The van der Waals surface area contributed by atoms with Crippen LogP contribution in [0.5, 0.6) is 0 Å². The first-order chi connectivity index (χ1) is 7.64. The number of ether oxygens (including phenoxy) is 1. The van der Waals surface area contributed by atoms with Crippen LogP contribution in [0.3, 0.4) is 0 Å². The summed E-state index contributed by atoms with van der Waals surface area (Å²) < 4.78 is 5.01. The molecule has 0 aliphatic heterocycles. The lowest BCUT2D eigenvalue weighted by atomic mass is 10.0. The van der Waals surface area contributed by atoms with Gasteiger partial charge in [-0.2, -0.15) is 0 Å². The molecule has 0 bridgehead atoms. The summed E-state index contributed by atoms with van der Waals surface area (Å²) in [5.41, 5.74) is -0.160. The molecule has 1 amide bonds. The molecule has 0 aromatic rings. The van der Waals surface area contributed by atoms with E-state index < -0.39 is 0 Å². The molecule has 0 spiro atoms. The molecule has 1 aliphatic carbocycles. The maximum atomic E-state index is 11.9. The molecule has 94 valence electrons. The van der Waals surface area contributed by atoms with Crippen molar-refractivity contribution in [3.8, 4) is 0 Å². The number of carbonyl (C=O) groups is 1. The van der Waals surface area contributed by atoms with Gasteiger partial charge in [0.1, 0.15) is 0 Å². The van der Waals surface area contributed by atoms with Gasteiger partial charge in [0.2, 0.25) is 5.91 Å². The summed E-state index contributed by atoms with van der Waals surface area (Å²) in [4.78, 5) is 11.9. The summed E-state index contributed by atoms with van der Waals surface area (Å²) in [6.45, 7) is 3.15. The van der Waals surface area contributed by atoms with Crippen LogP contribution in [-0.4, -0.2) is 37.4 Å². The molecule has 1 unspecified atom stereocenters. The summed E-state index contributed by atoms with van der Waals surface area (Å²) in [7, 11) is 1.66. The molecule has 16 heavy (non-hydrogen) atoms. The minimum atomic E-state index is -0.297. The Kier molecular flexibility index (Phi) is 5.22. The van der Waals surface area contributed by atoms with Crippen LogP contribution in [0.1, 0.15) is 39.0 Å². The molecule has 4 nitrogen and oxygen atoms in total. The van der Waals surface area contributed by atoms with Crippen LogP contribution in [-0.2, 0) is 9.53 Å². The molecule has 0 heterocycles. The van der Waals surface area contributed by atoms with Gasteiger partial charge in [-0.05, 0) is 32.1 Å². The Morgan fingerprint density at radius 1 is 1.56 bits per heavy atom. The number of aliphatic hydroxyl groups excluding tert-OH is 1. The summed E-state index contributed by atoms with van der Waals surface area (Å²) in [6, 6.07) is 0. The molecule has 0 aromatic carbocycles. The van der Waals surface area contributed by atoms with Crippen molar-refractivity contribution in [1.82, 2.24) is 5.32 Å². The second-order valence-electron chi connectivity index (χ2n) is 4.63. The van der Waals surface area contributed by atoms with E-state index in [1.807, 2.05) is 6.92 Å². The van der Waals surface area contributed by atoms with Crippen molar-refractivity contribution in [2.45, 2.75) is 45.1 Å². The molecule has 1 saturated carbocycles. The molecule has 1 fully saturated rings. The molecule has 0 saturated heterocycles. The van der Waals surface area contributed by atoms with Crippen LogP contribution in [0.2, 0.25) is 0 Å². The highest BCUT2D eigenvalue weighted by Gasteiger charge is 2.48. The molecule has 1 atom stereocenters. The summed E-state index contributed by atoms with van der Waals surface area (Å²) in [5, 5.41) is 12.3. The topological polar surface area (TPSA) is 58.6 Å². The van der Waals surface area contributed by atoms with Gasteiger partial charge in [-0.25, -0.2) is 0 Å². The zero-order chi connectivity index (χ0) is 12.0. The largest absolute Gasteiger partial charge is 0.393 e. The van der Waals surface area contributed by atoms with Crippen LogP contribution in [0.25, 0.3) is 0 Å². The lowest BCUT2D eigenvalue weighted by molar-refractivity contribution is -0.127. The van der Waals surface area contributed by atoms with E-state index >= 15 is 0 Å². The number of carbonyl (C=O) groups excluding carboxylic acids is 1. The molecule has 1 aliphatic rings. The minimum absolute atomic E-state index is 0.132. The van der Waals surface area contributed by atoms with Crippen LogP contribution in [0.4, 0.5) is 0 Å². The van der Waals surface area contributed by atoms with Gasteiger partial charge < -0.3 is 15.2 Å². The highest BCUT2D eigenvalue weighted by molar-refractivity contribution is 5.85.